The van der Waals surface area contributed by atoms with Gasteiger partial charge in [-0.1, -0.05) is 93.1 Å². The second-order valence-corrected chi connectivity index (χ2v) is 8.66. The van der Waals surface area contributed by atoms with Crippen LogP contribution < -0.4 is 0 Å². The summed E-state index contributed by atoms with van der Waals surface area (Å²) in [7, 11) is 0. The first kappa shape index (κ1) is 19.2. The van der Waals surface area contributed by atoms with Gasteiger partial charge in [-0.25, -0.2) is 0 Å². The Morgan fingerprint density at radius 3 is 1.61 bits per heavy atom. The average molecular weight is 373 g/mol. The monoisotopic (exact) mass is 372 g/mol. The molecule has 1 nitrogen and oxygen atoms in total. The van der Waals surface area contributed by atoms with E-state index in [-0.39, 0.29) is 5.78 Å². The lowest BCUT2D eigenvalue weighted by Gasteiger charge is -2.22. The SMILES string of the molecule is O=C(C=Cc1ccc(C2CCCCC2)cc1)c1ccc(C2CCCCC2)cc1. The Hall–Kier alpha value is -2.15. The molecule has 0 aliphatic heterocycles. The molecule has 0 aromatic heterocycles. The van der Waals surface area contributed by atoms with Gasteiger partial charge >= 0.3 is 0 Å². The van der Waals surface area contributed by atoms with Crippen molar-refractivity contribution in [1.29, 1.82) is 0 Å². The van der Waals surface area contributed by atoms with Crippen LogP contribution in [0.15, 0.2) is 54.6 Å². The van der Waals surface area contributed by atoms with Gasteiger partial charge in [-0.2, -0.15) is 0 Å². The Labute approximate surface area is 169 Å². The van der Waals surface area contributed by atoms with Gasteiger partial charge in [-0.15, -0.1) is 0 Å². The minimum absolute atomic E-state index is 0.0894. The maximum Gasteiger partial charge on any atom is 0.185 e. The zero-order chi connectivity index (χ0) is 19.2. The maximum absolute atomic E-state index is 12.5. The second kappa shape index (κ2) is 9.37. The summed E-state index contributed by atoms with van der Waals surface area (Å²) in [4.78, 5) is 12.5. The molecule has 2 saturated carbocycles. The Morgan fingerprint density at radius 2 is 1.11 bits per heavy atom. The number of benzene rings is 2. The van der Waals surface area contributed by atoms with Crippen LogP contribution in [0.2, 0.25) is 0 Å². The van der Waals surface area contributed by atoms with Crippen molar-refractivity contribution in [2.24, 2.45) is 0 Å². The quantitative estimate of drug-likeness (QED) is 0.388. The van der Waals surface area contributed by atoms with E-state index in [1.165, 1.54) is 75.3 Å². The Bertz CT molecular complexity index is 785. The molecule has 2 fully saturated rings. The predicted molar refractivity (Wildman–Crippen MR) is 118 cm³/mol. The fourth-order valence-electron chi connectivity index (χ4n) is 4.94. The Morgan fingerprint density at radius 1 is 0.643 bits per heavy atom. The first-order valence-electron chi connectivity index (χ1n) is 11.2. The largest absolute Gasteiger partial charge is 0.289 e. The van der Waals surface area contributed by atoms with Gasteiger partial charge in [0.15, 0.2) is 5.78 Å². The summed E-state index contributed by atoms with van der Waals surface area (Å²) in [5.41, 5.74) is 4.75. The van der Waals surface area contributed by atoms with E-state index < -0.39 is 0 Å². The fourth-order valence-corrected chi connectivity index (χ4v) is 4.94. The first-order chi connectivity index (χ1) is 13.8. The zero-order valence-electron chi connectivity index (χ0n) is 16.9. The van der Waals surface area contributed by atoms with Crippen LogP contribution in [0.5, 0.6) is 0 Å². The third kappa shape index (κ3) is 4.82. The Balaban J connectivity index is 1.36. The highest BCUT2D eigenvalue weighted by Crippen LogP contribution is 2.33. The molecule has 0 unspecified atom stereocenters. The summed E-state index contributed by atoms with van der Waals surface area (Å²) in [6, 6.07) is 17.1. The fraction of sp³-hybridized carbons (Fsp3) is 0.444. The van der Waals surface area contributed by atoms with Crippen LogP contribution in [0.1, 0.15) is 103 Å². The molecule has 4 rings (SSSR count). The minimum atomic E-state index is 0.0894. The Kier molecular flexibility index (Phi) is 6.41. The lowest BCUT2D eigenvalue weighted by Crippen LogP contribution is -2.05. The van der Waals surface area contributed by atoms with Crippen molar-refractivity contribution in [1.82, 2.24) is 0 Å². The normalized spacial score (nSPS) is 19.1. The molecule has 0 radical (unpaired) electrons. The summed E-state index contributed by atoms with van der Waals surface area (Å²) in [5, 5.41) is 0. The molecule has 2 aliphatic rings. The number of hydrogen-bond acceptors (Lipinski definition) is 1. The first-order valence-corrected chi connectivity index (χ1v) is 11.2. The number of hydrogen-bond donors (Lipinski definition) is 0. The second-order valence-electron chi connectivity index (χ2n) is 8.66. The summed E-state index contributed by atoms with van der Waals surface area (Å²) < 4.78 is 0. The van der Waals surface area contributed by atoms with Crippen molar-refractivity contribution in [3.63, 3.8) is 0 Å². The number of ketones is 1. The van der Waals surface area contributed by atoms with E-state index in [9.17, 15) is 4.79 Å². The molecule has 0 spiro atoms. The molecule has 0 saturated heterocycles. The van der Waals surface area contributed by atoms with E-state index in [1.807, 2.05) is 18.2 Å². The van der Waals surface area contributed by atoms with Gasteiger partial charge in [0.1, 0.15) is 0 Å². The molecule has 28 heavy (non-hydrogen) atoms. The van der Waals surface area contributed by atoms with Gasteiger partial charge in [0.2, 0.25) is 0 Å². The van der Waals surface area contributed by atoms with Crippen LogP contribution in [0.4, 0.5) is 0 Å². The van der Waals surface area contributed by atoms with Crippen molar-refractivity contribution in [3.05, 3.63) is 76.9 Å². The van der Waals surface area contributed by atoms with Gasteiger partial charge in [-0.3, -0.25) is 4.79 Å². The van der Waals surface area contributed by atoms with E-state index in [0.29, 0.717) is 5.92 Å². The molecular weight excluding hydrogens is 340 g/mol. The van der Waals surface area contributed by atoms with Crippen molar-refractivity contribution in [2.75, 3.05) is 0 Å². The van der Waals surface area contributed by atoms with Crippen molar-refractivity contribution < 1.29 is 4.79 Å². The van der Waals surface area contributed by atoms with Crippen molar-refractivity contribution in [3.8, 4) is 0 Å². The molecular formula is C27H32O. The van der Waals surface area contributed by atoms with Crippen LogP contribution in [-0.2, 0) is 0 Å². The molecule has 1 heteroatoms. The number of allylic oxidation sites excluding steroid dienone is 1. The van der Waals surface area contributed by atoms with Crippen LogP contribution in [0, 0.1) is 0 Å². The summed E-state index contributed by atoms with van der Waals surface area (Å²) in [5.74, 6) is 1.51. The lowest BCUT2D eigenvalue weighted by molar-refractivity contribution is 0.104. The summed E-state index contributed by atoms with van der Waals surface area (Å²) in [6.45, 7) is 0. The number of carbonyl (C=O) groups is 1. The molecule has 0 heterocycles. The van der Waals surface area contributed by atoms with E-state index in [1.54, 1.807) is 6.08 Å². The summed E-state index contributed by atoms with van der Waals surface area (Å²) >= 11 is 0. The standard InChI is InChI=1S/C27H32O/c28-27(26-18-16-25(17-19-26)23-9-5-2-6-10-23)20-13-21-11-14-24(15-12-21)22-7-3-1-4-8-22/h11-20,22-23H,1-10H2. The summed E-state index contributed by atoms with van der Waals surface area (Å²) in [6.07, 6.45) is 17.1. The van der Waals surface area contributed by atoms with Gasteiger partial charge < -0.3 is 0 Å². The van der Waals surface area contributed by atoms with E-state index >= 15 is 0 Å². The van der Waals surface area contributed by atoms with Crippen molar-refractivity contribution >= 4 is 11.9 Å². The highest BCUT2D eigenvalue weighted by Gasteiger charge is 2.16. The molecule has 0 atom stereocenters. The molecule has 2 aromatic carbocycles. The van der Waals surface area contributed by atoms with E-state index in [0.717, 1.165) is 17.0 Å². The number of rotatable bonds is 5. The predicted octanol–water partition coefficient (Wildman–Crippen LogP) is 7.68. The van der Waals surface area contributed by atoms with Gasteiger partial charge in [0.25, 0.3) is 0 Å². The number of carbonyl (C=O) groups excluding carboxylic acids is 1. The third-order valence-electron chi connectivity index (χ3n) is 6.71. The smallest absolute Gasteiger partial charge is 0.185 e. The van der Waals surface area contributed by atoms with Crippen LogP contribution in [0.25, 0.3) is 6.08 Å². The maximum atomic E-state index is 12.5. The highest BCUT2D eigenvalue weighted by molar-refractivity contribution is 6.06. The molecule has 2 aliphatic carbocycles. The van der Waals surface area contributed by atoms with Crippen molar-refractivity contribution in [2.45, 2.75) is 76.0 Å². The van der Waals surface area contributed by atoms with Gasteiger partial charge in [-0.05, 0) is 60.3 Å². The van der Waals surface area contributed by atoms with Gasteiger partial charge in [0.05, 0.1) is 0 Å². The average Bonchev–Trinajstić information content (AvgIpc) is 2.79. The molecule has 0 amide bonds. The van der Waals surface area contributed by atoms with Crippen LogP contribution in [-0.4, -0.2) is 5.78 Å². The third-order valence-corrected chi connectivity index (χ3v) is 6.71. The van der Waals surface area contributed by atoms with E-state index in [2.05, 4.69) is 36.4 Å². The van der Waals surface area contributed by atoms with Crippen LogP contribution in [0.3, 0.4) is 0 Å². The highest BCUT2D eigenvalue weighted by atomic mass is 16.1. The van der Waals surface area contributed by atoms with Crippen LogP contribution >= 0.6 is 0 Å². The molecule has 146 valence electrons. The molecule has 0 N–H and O–H groups in total. The van der Waals surface area contributed by atoms with E-state index in [4.69, 9.17) is 0 Å². The molecule has 2 aromatic rings. The van der Waals surface area contributed by atoms with Gasteiger partial charge in [0, 0.05) is 5.56 Å². The minimum Gasteiger partial charge on any atom is -0.289 e. The zero-order valence-corrected chi connectivity index (χ0v) is 16.9. The topological polar surface area (TPSA) is 17.1 Å². The molecule has 0 bridgehead atoms. The lowest BCUT2D eigenvalue weighted by atomic mass is 9.84.